The Hall–Kier alpha value is -0.0466. The molecular formula is C9H10IO2Zn. The number of halogens is 1. The van der Waals surface area contributed by atoms with Gasteiger partial charge >= 0.3 is 78.4 Å². The van der Waals surface area contributed by atoms with Crippen molar-refractivity contribution in [3.8, 4) is 5.75 Å². The third kappa shape index (κ3) is 4.65. The number of benzene rings is 1. The van der Waals surface area contributed by atoms with Crippen molar-refractivity contribution >= 4 is 32.6 Å². The summed E-state index contributed by atoms with van der Waals surface area (Å²) < 4.78 is 8.45. The van der Waals surface area contributed by atoms with Gasteiger partial charge in [-0.05, 0) is 0 Å². The van der Waals surface area contributed by atoms with Crippen molar-refractivity contribution in [1.29, 1.82) is 0 Å². The summed E-state index contributed by atoms with van der Waals surface area (Å²) in [6.45, 7) is 2.63. The van der Waals surface area contributed by atoms with Crippen molar-refractivity contribution in [2.45, 2.75) is 6.92 Å². The van der Waals surface area contributed by atoms with Crippen LogP contribution in [-0.2, 0) is 21.5 Å². The zero-order valence-corrected chi connectivity index (χ0v) is 12.7. The van der Waals surface area contributed by atoms with Crippen LogP contribution in [0.3, 0.4) is 0 Å². The van der Waals surface area contributed by atoms with Crippen LogP contribution < -0.4 is 8.89 Å². The van der Waals surface area contributed by atoms with E-state index in [4.69, 9.17) is 4.74 Å². The Labute approximate surface area is 102 Å². The van der Waals surface area contributed by atoms with Crippen LogP contribution >= 0.6 is 24.0 Å². The molecule has 0 spiro atoms. The van der Waals surface area contributed by atoms with Gasteiger partial charge in [0.1, 0.15) is 0 Å². The monoisotopic (exact) mass is 341 g/mol. The Bertz CT molecular complexity index is 291. The predicted octanol–water partition coefficient (Wildman–Crippen LogP) is 1.48. The fourth-order valence-corrected chi connectivity index (χ4v) is 2.29. The van der Waals surface area contributed by atoms with Crippen LogP contribution in [0, 0.1) is 0 Å². The van der Waals surface area contributed by atoms with E-state index in [1.165, 1.54) is 0 Å². The molecule has 1 rings (SSSR count). The SMILES string of the molecule is CCOc1cc[c]([Zn]=[C]=O)cc1.I. The van der Waals surface area contributed by atoms with Gasteiger partial charge in [0.25, 0.3) is 0 Å². The summed E-state index contributed by atoms with van der Waals surface area (Å²) >= 11 is -1.19. The molecule has 1 aromatic rings. The Morgan fingerprint density at radius 2 is 2.00 bits per heavy atom. The Morgan fingerprint density at radius 1 is 1.38 bits per heavy atom. The fraction of sp³-hybridized carbons (Fsp3) is 0.222. The summed E-state index contributed by atoms with van der Waals surface area (Å²) in [6.07, 6.45) is 0. The Morgan fingerprint density at radius 3 is 2.46 bits per heavy atom. The second kappa shape index (κ2) is 7.37. The van der Waals surface area contributed by atoms with Crippen molar-refractivity contribution in [3.63, 3.8) is 0 Å². The van der Waals surface area contributed by atoms with Crippen LogP contribution in [0.15, 0.2) is 24.3 Å². The standard InChI is InChI=1S/C8H9O.CO.HI.Zn/c1-2-9-8-6-4-3-5-7-8;1-2;;/h4-7H,2H2,1H3;;1H;. The van der Waals surface area contributed by atoms with Gasteiger partial charge in [-0.15, -0.1) is 24.0 Å². The van der Waals surface area contributed by atoms with E-state index < -0.39 is 16.7 Å². The quantitative estimate of drug-likeness (QED) is 0.614. The molecule has 0 saturated heterocycles. The molecule has 0 aliphatic heterocycles. The van der Waals surface area contributed by atoms with Gasteiger partial charge in [0.05, 0.1) is 0 Å². The largest absolute Gasteiger partial charge is 0.107 e. The minimum atomic E-state index is -1.19. The third-order valence-electron chi connectivity index (χ3n) is 1.51. The van der Waals surface area contributed by atoms with Crippen LogP contribution in [-0.4, -0.2) is 11.1 Å². The maximum atomic E-state index is 10.1. The number of ether oxygens (including phenoxy) is 1. The van der Waals surface area contributed by atoms with E-state index in [-0.39, 0.29) is 24.0 Å². The molecule has 0 aliphatic carbocycles. The van der Waals surface area contributed by atoms with E-state index in [1.807, 2.05) is 35.7 Å². The van der Waals surface area contributed by atoms with Gasteiger partial charge in [-0.2, -0.15) is 0 Å². The first kappa shape index (κ1) is 13.0. The average molecular weight is 342 g/mol. The van der Waals surface area contributed by atoms with Gasteiger partial charge in [-0.25, -0.2) is 0 Å². The first-order valence-electron chi connectivity index (χ1n) is 3.93. The zero-order valence-electron chi connectivity index (χ0n) is 7.45. The minimum Gasteiger partial charge on any atom is -0.107 e. The molecule has 2 nitrogen and oxygen atoms in total. The molecule has 0 saturated carbocycles. The van der Waals surface area contributed by atoms with Gasteiger partial charge in [-0.1, -0.05) is 0 Å². The van der Waals surface area contributed by atoms with Crippen LogP contribution in [0.5, 0.6) is 5.75 Å². The van der Waals surface area contributed by atoms with Crippen molar-refractivity contribution < 1.29 is 26.2 Å². The fourth-order valence-electron chi connectivity index (χ4n) is 0.954. The molecule has 0 amide bonds. The smallest absolute Gasteiger partial charge is 0.107 e. The predicted molar refractivity (Wildman–Crippen MR) is 58.4 cm³/mol. The van der Waals surface area contributed by atoms with Crippen molar-refractivity contribution in [2.24, 2.45) is 0 Å². The van der Waals surface area contributed by atoms with E-state index in [2.05, 4.69) is 0 Å². The molecule has 13 heavy (non-hydrogen) atoms. The Balaban J connectivity index is 0.00000144. The van der Waals surface area contributed by atoms with Gasteiger partial charge in [-0.3, -0.25) is 0 Å². The van der Waals surface area contributed by atoms with Crippen molar-refractivity contribution in [3.05, 3.63) is 24.3 Å². The summed E-state index contributed by atoms with van der Waals surface area (Å²) in [6, 6.07) is 7.72. The minimum absolute atomic E-state index is 0. The molecule has 0 aliphatic rings. The maximum Gasteiger partial charge on any atom is -0.107 e. The molecule has 0 heterocycles. The van der Waals surface area contributed by atoms with Gasteiger partial charge in [0, 0.05) is 0 Å². The molecule has 0 N–H and O–H groups in total. The molecule has 4 heteroatoms. The zero-order chi connectivity index (χ0) is 8.81. The average Bonchev–Trinajstić information content (AvgIpc) is 2.09. The third-order valence-corrected chi connectivity index (χ3v) is 3.66. The van der Waals surface area contributed by atoms with E-state index >= 15 is 0 Å². The van der Waals surface area contributed by atoms with Crippen molar-refractivity contribution in [2.75, 3.05) is 6.61 Å². The summed E-state index contributed by atoms with van der Waals surface area (Å²) in [5.74, 6) is 0.870. The molecule has 0 bridgehead atoms. The second-order valence-electron chi connectivity index (χ2n) is 2.40. The normalized spacial score (nSPS) is 7.77. The first-order chi connectivity index (χ1) is 5.86. The van der Waals surface area contributed by atoms with E-state index in [9.17, 15) is 4.79 Å². The van der Waals surface area contributed by atoms with Gasteiger partial charge in [0.15, 0.2) is 0 Å². The first-order valence-corrected chi connectivity index (χ1v) is 6.90. The summed E-state index contributed by atoms with van der Waals surface area (Å²) in [5, 5.41) is 0. The molecule has 0 fully saturated rings. The van der Waals surface area contributed by atoms with Gasteiger partial charge in [0.2, 0.25) is 0 Å². The second-order valence-corrected chi connectivity index (χ2v) is 5.46. The van der Waals surface area contributed by atoms with E-state index in [0.29, 0.717) is 6.61 Å². The number of hydrogen-bond acceptors (Lipinski definition) is 2. The molecule has 0 atom stereocenters. The molecule has 0 unspecified atom stereocenters. The van der Waals surface area contributed by atoms with Crippen LogP contribution in [0.25, 0.3) is 0 Å². The summed E-state index contributed by atoms with van der Waals surface area (Å²) in [5.41, 5.74) is 0. The molecular weight excluding hydrogens is 332 g/mol. The maximum absolute atomic E-state index is 10.1. The molecule has 67 valence electrons. The topological polar surface area (TPSA) is 26.3 Å². The molecule has 1 aromatic carbocycles. The molecule has 0 radical (unpaired) electrons. The number of carbonyl (C=O) groups excluding carboxylic acids is 1. The van der Waals surface area contributed by atoms with E-state index in [1.54, 1.807) is 0 Å². The van der Waals surface area contributed by atoms with Crippen LogP contribution in [0.4, 0.5) is 0 Å². The van der Waals surface area contributed by atoms with Gasteiger partial charge < -0.3 is 0 Å². The van der Waals surface area contributed by atoms with Crippen LogP contribution in [0.2, 0.25) is 0 Å². The summed E-state index contributed by atoms with van der Waals surface area (Å²) in [4.78, 5) is 10.1. The Kier molecular flexibility index (Phi) is 7.34. The number of hydrogen-bond donors (Lipinski definition) is 0. The number of rotatable bonds is 3. The van der Waals surface area contributed by atoms with E-state index in [0.717, 1.165) is 9.91 Å². The summed E-state index contributed by atoms with van der Waals surface area (Å²) in [7, 11) is 0. The van der Waals surface area contributed by atoms with Crippen LogP contribution in [0.1, 0.15) is 6.92 Å². The molecule has 0 aromatic heterocycles. The van der Waals surface area contributed by atoms with Crippen molar-refractivity contribution in [1.82, 2.24) is 0 Å².